The van der Waals surface area contributed by atoms with Gasteiger partial charge in [-0.05, 0) is 5.56 Å². The highest BCUT2D eigenvalue weighted by Gasteiger charge is 2.24. The third-order valence-electron chi connectivity index (χ3n) is 2.63. The molecule has 0 saturated heterocycles. The Labute approximate surface area is 115 Å². The number of carbonyl (C=O) groups is 3. The summed E-state index contributed by atoms with van der Waals surface area (Å²) in [5, 5.41) is 19.9. The molecule has 7 nitrogen and oxygen atoms in total. The molecule has 1 unspecified atom stereocenters. The van der Waals surface area contributed by atoms with Crippen LogP contribution in [0.25, 0.3) is 0 Å². The molecule has 0 heterocycles. The Morgan fingerprint density at radius 2 is 1.75 bits per heavy atom. The van der Waals surface area contributed by atoms with Crippen LogP contribution >= 0.6 is 0 Å². The van der Waals surface area contributed by atoms with Crippen LogP contribution in [0.2, 0.25) is 0 Å². The molecule has 0 aliphatic rings. The number of hydrogen-bond donors (Lipinski definition) is 4. The van der Waals surface area contributed by atoms with Crippen molar-refractivity contribution in [3.63, 3.8) is 0 Å². The van der Waals surface area contributed by atoms with Gasteiger partial charge in [-0.3, -0.25) is 9.59 Å². The molecule has 1 aromatic carbocycles. The summed E-state index contributed by atoms with van der Waals surface area (Å²) in [5.41, 5.74) is 6.12. The van der Waals surface area contributed by atoms with E-state index in [1.54, 1.807) is 30.3 Å². The van der Waals surface area contributed by atoms with E-state index in [0.29, 0.717) is 0 Å². The quantitative estimate of drug-likeness (QED) is 0.537. The number of carboxylic acid groups (broad SMARTS) is 2. The number of rotatable bonds is 7. The molecule has 7 heteroatoms. The molecule has 1 aromatic rings. The van der Waals surface area contributed by atoms with Crippen LogP contribution in [0.3, 0.4) is 0 Å². The topological polar surface area (TPSA) is 130 Å². The molecule has 20 heavy (non-hydrogen) atoms. The smallest absolute Gasteiger partial charge is 0.326 e. The molecule has 0 aromatic heterocycles. The number of carbonyl (C=O) groups excluding carboxylic acids is 1. The highest BCUT2D eigenvalue weighted by molar-refractivity contribution is 5.89. The summed E-state index contributed by atoms with van der Waals surface area (Å²) in [6.07, 6.45) is -0.453. The minimum atomic E-state index is -1.27. The average molecular weight is 280 g/mol. The summed E-state index contributed by atoms with van der Waals surface area (Å²) < 4.78 is 0. The number of aliphatic carboxylic acids is 2. The van der Waals surface area contributed by atoms with E-state index < -0.39 is 36.4 Å². The number of amides is 1. The summed E-state index contributed by atoms with van der Waals surface area (Å²) in [6, 6.07) is 6.35. The van der Waals surface area contributed by atoms with E-state index in [1.165, 1.54) is 0 Å². The van der Waals surface area contributed by atoms with E-state index in [4.69, 9.17) is 15.9 Å². The Hall–Kier alpha value is -2.41. The van der Waals surface area contributed by atoms with Crippen molar-refractivity contribution < 1.29 is 24.6 Å². The fourth-order valence-electron chi connectivity index (χ4n) is 1.61. The predicted molar refractivity (Wildman–Crippen MR) is 69.9 cm³/mol. The molecule has 0 bridgehead atoms. The molecule has 0 aliphatic heterocycles. The Kier molecular flexibility index (Phi) is 5.67. The zero-order valence-corrected chi connectivity index (χ0v) is 10.7. The van der Waals surface area contributed by atoms with Crippen LogP contribution in [0.4, 0.5) is 0 Å². The largest absolute Gasteiger partial charge is 0.481 e. The van der Waals surface area contributed by atoms with E-state index in [0.717, 1.165) is 5.56 Å². The van der Waals surface area contributed by atoms with Gasteiger partial charge >= 0.3 is 11.9 Å². The summed E-state index contributed by atoms with van der Waals surface area (Å²) in [7, 11) is 0. The van der Waals surface area contributed by atoms with Gasteiger partial charge in [0.2, 0.25) is 5.91 Å². The summed E-state index contributed by atoms with van der Waals surface area (Å²) in [5.74, 6) is -3.22. The maximum atomic E-state index is 11.6. The van der Waals surface area contributed by atoms with Crippen molar-refractivity contribution in [3.05, 3.63) is 35.9 Å². The third kappa shape index (κ3) is 5.07. The van der Waals surface area contributed by atoms with Gasteiger partial charge in [-0.25, -0.2) is 4.79 Å². The van der Waals surface area contributed by atoms with Crippen molar-refractivity contribution in [2.45, 2.75) is 24.9 Å². The Balaban J connectivity index is 2.66. The molecule has 2 atom stereocenters. The van der Waals surface area contributed by atoms with E-state index >= 15 is 0 Å². The molecule has 1 rings (SSSR count). The van der Waals surface area contributed by atoms with Crippen molar-refractivity contribution in [2.24, 2.45) is 5.73 Å². The van der Waals surface area contributed by atoms with Gasteiger partial charge in [-0.1, -0.05) is 30.3 Å². The summed E-state index contributed by atoms with van der Waals surface area (Å²) in [4.78, 5) is 33.2. The highest BCUT2D eigenvalue weighted by atomic mass is 16.4. The zero-order chi connectivity index (χ0) is 15.1. The van der Waals surface area contributed by atoms with E-state index in [-0.39, 0.29) is 6.42 Å². The van der Waals surface area contributed by atoms with Crippen LogP contribution in [0.1, 0.15) is 12.0 Å². The molecular weight excluding hydrogens is 264 g/mol. The van der Waals surface area contributed by atoms with Gasteiger partial charge < -0.3 is 21.3 Å². The third-order valence-corrected chi connectivity index (χ3v) is 2.63. The predicted octanol–water partition coefficient (Wildman–Crippen LogP) is -0.399. The lowest BCUT2D eigenvalue weighted by Crippen LogP contribution is -2.49. The van der Waals surface area contributed by atoms with Crippen molar-refractivity contribution in [1.29, 1.82) is 0 Å². The molecule has 0 spiro atoms. The second-order valence-corrected chi connectivity index (χ2v) is 4.29. The van der Waals surface area contributed by atoms with E-state index in [1.807, 2.05) is 0 Å². The molecule has 0 saturated carbocycles. The van der Waals surface area contributed by atoms with Gasteiger partial charge in [-0.15, -0.1) is 0 Å². The van der Waals surface area contributed by atoms with Gasteiger partial charge in [0.05, 0.1) is 12.5 Å². The number of carboxylic acids is 2. The first-order valence-electron chi connectivity index (χ1n) is 5.94. The Bertz CT molecular complexity index is 489. The van der Waals surface area contributed by atoms with Crippen molar-refractivity contribution in [3.8, 4) is 0 Å². The molecule has 1 amide bonds. The van der Waals surface area contributed by atoms with Gasteiger partial charge in [0.15, 0.2) is 0 Å². The monoisotopic (exact) mass is 280 g/mol. The lowest BCUT2D eigenvalue weighted by molar-refractivity contribution is -0.142. The van der Waals surface area contributed by atoms with E-state index in [2.05, 4.69) is 5.32 Å². The summed E-state index contributed by atoms with van der Waals surface area (Å²) in [6.45, 7) is 0. The Morgan fingerprint density at radius 3 is 2.25 bits per heavy atom. The van der Waals surface area contributed by atoms with Crippen LogP contribution in [0.15, 0.2) is 30.3 Å². The van der Waals surface area contributed by atoms with Gasteiger partial charge in [0.25, 0.3) is 0 Å². The maximum Gasteiger partial charge on any atom is 0.326 e. The molecule has 108 valence electrons. The van der Waals surface area contributed by atoms with Gasteiger partial charge in [0, 0.05) is 6.42 Å². The molecule has 0 aliphatic carbocycles. The van der Waals surface area contributed by atoms with E-state index in [9.17, 15) is 14.4 Å². The normalized spacial score (nSPS) is 13.2. The average Bonchev–Trinajstić information content (AvgIpc) is 2.38. The molecule has 5 N–H and O–H groups in total. The number of benzene rings is 1. The SMILES string of the molecule is NC(CC(=O)O)C(=O)N[C@H](Cc1ccccc1)C(=O)O. The maximum absolute atomic E-state index is 11.6. The summed E-state index contributed by atoms with van der Waals surface area (Å²) >= 11 is 0. The van der Waals surface area contributed by atoms with Crippen LogP contribution in [-0.4, -0.2) is 40.1 Å². The van der Waals surface area contributed by atoms with Gasteiger partial charge in [-0.2, -0.15) is 0 Å². The lowest BCUT2D eigenvalue weighted by atomic mass is 10.1. The number of nitrogens with one attached hydrogen (secondary N) is 1. The van der Waals surface area contributed by atoms with Crippen LogP contribution in [0, 0.1) is 0 Å². The second kappa shape index (κ2) is 7.25. The van der Waals surface area contributed by atoms with Crippen molar-refractivity contribution in [1.82, 2.24) is 5.32 Å². The zero-order valence-electron chi connectivity index (χ0n) is 10.7. The standard InChI is InChI=1S/C13H16N2O5/c14-9(7-11(16)17)12(18)15-10(13(19)20)6-8-4-2-1-3-5-8/h1-5,9-10H,6-7,14H2,(H,15,18)(H,16,17)(H,19,20)/t9?,10-/m1/s1. The Morgan fingerprint density at radius 1 is 1.15 bits per heavy atom. The van der Waals surface area contributed by atoms with Crippen molar-refractivity contribution in [2.75, 3.05) is 0 Å². The van der Waals surface area contributed by atoms with Gasteiger partial charge in [0.1, 0.15) is 6.04 Å². The molecular formula is C13H16N2O5. The van der Waals surface area contributed by atoms with Crippen molar-refractivity contribution >= 4 is 17.8 Å². The first-order chi connectivity index (χ1) is 9.40. The number of nitrogens with two attached hydrogens (primary N) is 1. The lowest BCUT2D eigenvalue weighted by Gasteiger charge is -2.17. The first-order valence-corrected chi connectivity index (χ1v) is 5.94. The van der Waals surface area contributed by atoms with Crippen LogP contribution < -0.4 is 11.1 Å². The first kappa shape index (κ1) is 15.6. The molecule has 0 fully saturated rings. The number of hydrogen-bond acceptors (Lipinski definition) is 4. The fourth-order valence-corrected chi connectivity index (χ4v) is 1.61. The van der Waals surface area contributed by atoms with Crippen LogP contribution in [-0.2, 0) is 20.8 Å². The fraction of sp³-hybridized carbons (Fsp3) is 0.308. The second-order valence-electron chi connectivity index (χ2n) is 4.29. The minimum Gasteiger partial charge on any atom is -0.481 e. The van der Waals surface area contributed by atoms with Crippen LogP contribution in [0.5, 0.6) is 0 Å². The molecule has 0 radical (unpaired) electrons. The highest BCUT2D eigenvalue weighted by Crippen LogP contribution is 2.04. The minimum absolute atomic E-state index is 0.0989.